The van der Waals surface area contributed by atoms with Crippen molar-refractivity contribution in [3.05, 3.63) is 82.6 Å². The van der Waals surface area contributed by atoms with Gasteiger partial charge < -0.3 is 5.32 Å². The van der Waals surface area contributed by atoms with Gasteiger partial charge in [0.1, 0.15) is 0 Å². The molecule has 4 rings (SSSR count). The van der Waals surface area contributed by atoms with Crippen LogP contribution in [-0.4, -0.2) is 31.4 Å². The van der Waals surface area contributed by atoms with E-state index in [9.17, 15) is 4.79 Å². The van der Waals surface area contributed by atoms with Gasteiger partial charge in [0.15, 0.2) is 11.0 Å². The van der Waals surface area contributed by atoms with E-state index in [0.29, 0.717) is 16.0 Å². The topological polar surface area (TPSA) is 72.7 Å². The minimum absolute atomic E-state index is 0.133. The molecule has 6 nitrogen and oxygen atoms in total. The summed E-state index contributed by atoms with van der Waals surface area (Å²) in [5.74, 6) is 0.692. The first-order valence-electron chi connectivity index (χ1n) is 8.90. The van der Waals surface area contributed by atoms with Crippen molar-refractivity contribution in [3.63, 3.8) is 0 Å². The van der Waals surface area contributed by atoms with Crippen LogP contribution in [0.3, 0.4) is 0 Å². The third-order valence-electron chi connectivity index (χ3n) is 4.08. The molecule has 1 amide bonds. The molecule has 150 valence electrons. The summed E-state index contributed by atoms with van der Waals surface area (Å²) in [4.78, 5) is 16.6. The predicted molar refractivity (Wildman–Crippen MR) is 123 cm³/mol. The molecular formula is C21H15BrClN5OS. The predicted octanol–water partition coefficient (Wildman–Crippen LogP) is 5.48. The Bertz CT molecular complexity index is 1170. The minimum atomic E-state index is -0.133. The molecule has 2 aromatic heterocycles. The molecule has 0 atom stereocenters. The molecule has 4 aromatic rings. The van der Waals surface area contributed by atoms with Crippen LogP contribution in [0.2, 0.25) is 5.02 Å². The molecule has 0 unspecified atom stereocenters. The summed E-state index contributed by atoms with van der Waals surface area (Å²) in [6.45, 7) is 0. The van der Waals surface area contributed by atoms with Gasteiger partial charge in [0.2, 0.25) is 5.91 Å². The zero-order chi connectivity index (χ0) is 20.9. The van der Waals surface area contributed by atoms with E-state index in [4.69, 9.17) is 11.6 Å². The van der Waals surface area contributed by atoms with Crippen molar-refractivity contribution in [1.29, 1.82) is 0 Å². The summed E-state index contributed by atoms with van der Waals surface area (Å²) in [6, 6.07) is 18.6. The number of hydrogen-bond donors (Lipinski definition) is 1. The number of nitrogens with zero attached hydrogens (tertiary/aromatic N) is 4. The van der Waals surface area contributed by atoms with Crippen LogP contribution in [0.1, 0.15) is 0 Å². The minimum Gasteiger partial charge on any atom is -0.325 e. The van der Waals surface area contributed by atoms with Gasteiger partial charge in [0.05, 0.1) is 5.75 Å². The fourth-order valence-electron chi connectivity index (χ4n) is 2.76. The molecule has 0 aliphatic heterocycles. The molecule has 0 aliphatic carbocycles. The number of thioether (sulfide) groups is 1. The van der Waals surface area contributed by atoms with E-state index >= 15 is 0 Å². The summed E-state index contributed by atoms with van der Waals surface area (Å²) >= 11 is 10.8. The summed E-state index contributed by atoms with van der Waals surface area (Å²) in [5.41, 5.74) is 2.40. The number of amides is 1. The number of hydrogen-bond acceptors (Lipinski definition) is 5. The molecule has 30 heavy (non-hydrogen) atoms. The second-order valence-electron chi connectivity index (χ2n) is 6.21. The monoisotopic (exact) mass is 499 g/mol. The normalized spacial score (nSPS) is 10.7. The highest BCUT2D eigenvalue weighted by Gasteiger charge is 2.17. The molecule has 0 radical (unpaired) electrons. The number of pyridine rings is 1. The molecule has 0 bridgehead atoms. The Hall–Kier alpha value is -2.68. The lowest BCUT2D eigenvalue weighted by molar-refractivity contribution is -0.113. The molecule has 0 saturated carbocycles. The fraction of sp³-hybridized carbons (Fsp3) is 0.0476. The summed E-state index contributed by atoms with van der Waals surface area (Å²) in [5, 5.41) is 12.8. The largest absolute Gasteiger partial charge is 0.325 e. The van der Waals surface area contributed by atoms with Crippen molar-refractivity contribution in [2.75, 3.05) is 11.1 Å². The summed E-state index contributed by atoms with van der Waals surface area (Å²) < 4.78 is 2.79. The van der Waals surface area contributed by atoms with E-state index in [1.54, 1.807) is 24.5 Å². The van der Waals surface area contributed by atoms with Crippen molar-refractivity contribution in [2.45, 2.75) is 5.16 Å². The number of carbonyl (C=O) groups is 1. The smallest absolute Gasteiger partial charge is 0.234 e. The van der Waals surface area contributed by atoms with Gasteiger partial charge in [-0.15, -0.1) is 10.2 Å². The Kier molecular flexibility index (Phi) is 6.47. The average Bonchev–Trinajstić information content (AvgIpc) is 3.17. The van der Waals surface area contributed by atoms with Gasteiger partial charge in [-0.3, -0.25) is 14.3 Å². The van der Waals surface area contributed by atoms with E-state index < -0.39 is 0 Å². The van der Waals surface area contributed by atoms with E-state index in [-0.39, 0.29) is 11.7 Å². The van der Waals surface area contributed by atoms with E-state index in [0.717, 1.165) is 21.4 Å². The van der Waals surface area contributed by atoms with Gasteiger partial charge in [-0.25, -0.2) is 0 Å². The van der Waals surface area contributed by atoms with Crippen LogP contribution in [-0.2, 0) is 4.79 Å². The summed E-state index contributed by atoms with van der Waals surface area (Å²) in [6.07, 6.45) is 3.43. The van der Waals surface area contributed by atoms with Crippen molar-refractivity contribution in [1.82, 2.24) is 19.7 Å². The Balaban J connectivity index is 1.59. The standard InChI is InChI=1S/C21H15BrClN5OS/c22-15-4-1-5-17(11-15)25-19(29)13-30-21-27-26-20(14-3-2-10-24-12-14)28(21)18-8-6-16(23)7-9-18/h1-12H,13H2,(H,25,29). The van der Waals surface area contributed by atoms with E-state index in [1.807, 2.05) is 53.1 Å². The maximum absolute atomic E-state index is 12.4. The number of nitrogens with one attached hydrogen (secondary N) is 1. The molecule has 0 saturated heterocycles. The maximum Gasteiger partial charge on any atom is 0.234 e. The lowest BCUT2D eigenvalue weighted by Gasteiger charge is -2.10. The highest BCUT2D eigenvalue weighted by Crippen LogP contribution is 2.28. The molecular weight excluding hydrogens is 486 g/mol. The van der Waals surface area contributed by atoms with Crippen molar-refractivity contribution in [2.24, 2.45) is 0 Å². The Morgan fingerprint density at radius 2 is 1.93 bits per heavy atom. The average molecular weight is 501 g/mol. The van der Waals surface area contributed by atoms with Gasteiger partial charge in [-0.05, 0) is 54.6 Å². The van der Waals surface area contributed by atoms with Crippen molar-refractivity contribution >= 4 is 50.9 Å². The number of halogens is 2. The van der Waals surface area contributed by atoms with Gasteiger partial charge in [0, 0.05) is 38.8 Å². The SMILES string of the molecule is O=C(CSc1nnc(-c2cccnc2)n1-c1ccc(Cl)cc1)Nc1cccc(Br)c1. The molecule has 1 N–H and O–H groups in total. The molecule has 0 aliphatic rings. The number of benzene rings is 2. The van der Waals surface area contributed by atoms with Crippen molar-refractivity contribution < 1.29 is 4.79 Å². The highest BCUT2D eigenvalue weighted by atomic mass is 79.9. The van der Waals surface area contributed by atoms with Crippen LogP contribution in [0.15, 0.2) is 82.7 Å². The molecule has 0 fully saturated rings. The van der Waals surface area contributed by atoms with E-state index in [2.05, 4.69) is 36.4 Å². The van der Waals surface area contributed by atoms with Crippen LogP contribution in [0.25, 0.3) is 17.1 Å². The first kappa shape index (κ1) is 20.6. The van der Waals surface area contributed by atoms with Crippen LogP contribution >= 0.6 is 39.3 Å². The van der Waals surface area contributed by atoms with Gasteiger partial charge >= 0.3 is 0 Å². The van der Waals surface area contributed by atoms with E-state index in [1.165, 1.54) is 11.8 Å². The lowest BCUT2D eigenvalue weighted by atomic mass is 10.2. The third-order valence-corrected chi connectivity index (χ3v) is 5.75. The van der Waals surface area contributed by atoms with Gasteiger partial charge in [-0.1, -0.05) is 45.4 Å². The maximum atomic E-state index is 12.4. The number of carbonyl (C=O) groups excluding carboxylic acids is 1. The molecule has 9 heteroatoms. The van der Waals surface area contributed by atoms with Crippen molar-refractivity contribution in [3.8, 4) is 17.1 Å². The number of rotatable bonds is 6. The van der Waals surface area contributed by atoms with Crippen LogP contribution in [0, 0.1) is 0 Å². The third kappa shape index (κ3) is 4.89. The molecule has 0 spiro atoms. The van der Waals surface area contributed by atoms with Crippen LogP contribution in [0.4, 0.5) is 5.69 Å². The van der Waals surface area contributed by atoms with Crippen LogP contribution < -0.4 is 5.32 Å². The number of anilines is 1. The summed E-state index contributed by atoms with van der Waals surface area (Å²) in [7, 11) is 0. The quantitative estimate of drug-likeness (QED) is 0.355. The van der Waals surface area contributed by atoms with Crippen LogP contribution in [0.5, 0.6) is 0 Å². The second-order valence-corrected chi connectivity index (χ2v) is 8.50. The zero-order valence-corrected chi connectivity index (χ0v) is 18.7. The Morgan fingerprint density at radius 1 is 1.10 bits per heavy atom. The fourth-order valence-corrected chi connectivity index (χ4v) is 4.04. The Morgan fingerprint density at radius 3 is 2.67 bits per heavy atom. The molecule has 2 heterocycles. The van der Waals surface area contributed by atoms with Gasteiger partial charge in [-0.2, -0.15) is 0 Å². The van der Waals surface area contributed by atoms with Gasteiger partial charge in [0.25, 0.3) is 0 Å². The molecule has 2 aromatic carbocycles. The second kappa shape index (κ2) is 9.42. The first-order valence-corrected chi connectivity index (χ1v) is 11.1. The Labute approximate surface area is 190 Å². The first-order chi connectivity index (χ1) is 14.6. The lowest BCUT2D eigenvalue weighted by Crippen LogP contribution is -2.14. The highest BCUT2D eigenvalue weighted by molar-refractivity contribution is 9.10. The number of aromatic nitrogens is 4. The zero-order valence-electron chi connectivity index (χ0n) is 15.5.